The van der Waals surface area contributed by atoms with Crippen LogP contribution >= 0.6 is 0 Å². The van der Waals surface area contributed by atoms with Gasteiger partial charge >= 0.3 is 5.97 Å². The normalized spacial score (nSPS) is 15.9. The van der Waals surface area contributed by atoms with Gasteiger partial charge in [0.05, 0.1) is 18.4 Å². The average Bonchev–Trinajstić information content (AvgIpc) is 3.12. The van der Waals surface area contributed by atoms with Crippen molar-refractivity contribution in [2.45, 2.75) is 26.3 Å². The molecule has 7 heteroatoms. The second kappa shape index (κ2) is 8.65. The van der Waals surface area contributed by atoms with E-state index in [-0.39, 0.29) is 24.9 Å². The number of esters is 1. The van der Waals surface area contributed by atoms with Crippen LogP contribution in [0.15, 0.2) is 53.6 Å². The molecule has 3 rings (SSSR count). The lowest BCUT2D eigenvalue weighted by Crippen LogP contribution is -2.25. The van der Waals surface area contributed by atoms with Gasteiger partial charge in [0, 0.05) is 24.5 Å². The molecule has 0 aliphatic carbocycles. The van der Waals surface area contributed by atoms with E-state index in [0.29, 0.717) is 23.4 Å². The Morgan fingerprint density at radius 3 is 2.71 bits per heavy atom. The monoisotopic (exact) mass is 384 g/mol. The van der Waals surface area contributed by atoms with Crippen LogP contribution in [0.5, 0.6) is 5.75 Å². The molecule has 1 aliphatic rings. The van der Waals surface area contributed by atoms with Crippen molar-refractivity contribution >= 4 is 17.6 Å². The number of nitrogens with zero attached hydrogens (tertiary/aromatic N) is 2. The van der Waals surface area contributed by atoms with Crippen molar-refractivity contribution in [3.05, 3.63) is 65.5 Å². The third-order valence-electron chi connectivity index (χ3n) is 4.32. The Morgan fingerprint density at radius 1 is 1.21 bits per heavy atom. The Kier molecular flexibility index (Phi) is 6.03. The molecule has 2 aromatic rings. The molecule has 146 valence electrons. The second-order valence-corrected chi connectivity index (χ2v) is 6.27. The fourth-order valence-corrected chi connectivity index (χ4v) is 3.11. The zero-order chi connectivity index (χ0) is 20.1. The number of carbonyl (C=O) groups is 2. The first-order chi connectivity index (χ1) is 13.5. The first kappa shape index (κ1) is 19.5. The predicted octanol–water partition coefficient (Wildman–Crippen LogP) is 3.47. The molecule has 1 unspecified atom stereocenters. The van der Waals surface area contributed by atoms with Gasteiger partial charge in [-0.3, -0.25) is 4.79 Å². The number of carbonyl (C=O) groups excluding carboxylic acids is 2. The number of hydrogen-bond donors (Lipinski definition) is 0. The molecule has 0 saturated heterocycles. The van der Waals surface area contributed by atoms with Crippen molar-refractivity contribution in [3.63, 3.8) is 0 Å². The highest BCUT2D eigenvalue weighted by Gasteiger charge is 2.33. The van der Waals surface area contributed by atoms with E-state index in [2.05, 4.69) is 5.10 Å². The zero-order valence-corrected chi connectivity index (χ0v) is 15.7. The first-order valence-corrected chi connectivity index (χ1v) is 9.00. The molecule has 0 radical (unpaired) electrons. The van der Waals surface area contributed by atoms with Crippen LogP contribution in [0.1, 0.15) is 37.4 Å². The van der Waals surface area contributed by atoms with Gasteiger partial charge in [0.15, 0.2) is 6.61 Å². The fraction of sp³-hybridized carbons (Fsp3) is 0.286. The van der Waals surface area contributed by atoms with Crippen molar-refractivity contribution in [1.29, 1.82) is 0 Å². The lowest BCUT2D eigenvalue weighted by atomic mass is 9.97. The quantitative estimate of drug-likeness (QED) is 0.716. The number of halogens is 1. The lowest BCUT2D eigenvalue weighted by molar-refractivity contribution is -0.145. The van der Waals surface area contributed by atoms with E-state index in [1.165, 1.54) is 24.1 Å². The molecule has 0 saturated carbocycles. The van der Waals surface area contributed by atoms with E-state index < -0.39 is 12.0 Å². The van der Waals surface area contributed by atoms with Gasteiger partial charge in [-0.05, 0) is 25.1 Å². The molecular weight excluding hydrogens is 363 g/mol. The number of amides is 1. The SMILES string of the molecule is CCOC(=O)COc1ccccc1C1CC(c2cccc(F)c2)=NN1C(C)=O. The van der Waals surface area contributed by atoms with Crippen LogP contribution in [0.3, 0.4) is 0 Å². The summed E-state index contributed by atoms with van der Waals surface area (Å²) in [5.74, 6) is -0.598. The fourth-order valence-electron chi connectivity index (χ4n) is 3.11. The summed E-state index contributed by atoms with van der Waals surface area (Å²) in [7, 11) is 0. The van der Waals surface area contributed by atoms with Gasteiger partial charge < -0.3 is 9.47 Å². The molecule has 0 fully saturated rings. The smallest absolute Gasteiger partial charge is 0.344 e. The Hall–Kier alpha value is -3.22. The topological polar surface area (TPSA) is 68.2 Å². The molecule has 0 N–H and O–H groups in total. The van der Waals surface area contributed by atoms with Crippen LogP contribution < -0.4 is 4.74 Å². The first-order valence-electron chi connectivity index (χ1n) is 9.00. The van der Waals surface area contributed by atoms with Crippen molar-refractivity contribution < 1.29 is 23.5 Å². The summed E-state index contributed by atoms with van der Waals surface area (Å²) in [6.45, 7) is 3.19. The van der Waals surface area contributed by atoms with Crippen LogP contribution in [-0.4, -0.2) is 35.8 Å². The van der Waals surface area contributed by atoms with Crippen molar-refractivity contribution in [2.75, 3.05) is 13.2 Å². The van der Waals surface area contributed by atoms with Gasteiger partial charge in [0.25, 0.3) is 0 Å². The van der Waals surface area contributed by atoms with E-state index >= 15 is 0 Å². The number of benzene rings is 2. The summed E-state index contributed by atoms with van der Waals surface area (Å²) >= 11 is 0. The van der Waals surface area contributed by atoms with Crippen LogP contribution in [0.2, 0.25) is 0 Å². The van der Waals surface area contributed by atoms with E-state index in [1.807, 2.05) is 12.1 Å². The third-order valence-corrected chi connectivity index (χ3v) is 4.32. The van der Waals surface area contributed by atoms with Crippen LogP contribution in [0, 0.1) is 5.82 Å². The zero-order valence-electron chi connectivity index (χ0n) is 15.7. The average molecular weight is 384 g/mol. The summed E-state index contributed by atoms with van der Waals surface area (Å²) in [5, 5.41) is 5.78. The van der Waals surface area contributed by atoms with Gasteiger partial charge in [-0.15, -0.1) is 0 Å². The predicted molar refractivity (Wildman–Crippen MR) is 101 cm³/mol. The molecule has 1 heterocycles. The maximum Gasteiger partial charge on any atom is 0.344 e. The standard InChI is InChI=1S/C21H21FN2O4/c1-3-27-21(26)13-28-20-10-5-4-9-17(20)19-12-18(23-24(19)14(2)25)15-7-6-8-16(22)11-15/h4-11,19H,3,12-13H2,1-2H3. The summed E-state index contributed by atoms with van der Waals surface area (Å²) in [6, 6.07) is 12.9. The highest BCUT2D eigenvalue weighted by atomic mass is 19.1. The molecular formula is C21H21FN2O4. The number of para-hydroxylation sites is 1. The highest BCUT2D eigenvalue weighted by molar-refractivity contribution is 6.03. The maximum absolute atomic E-state index is 13.6. The van der Waals surface area contributed by atoms with E-state index in [4.69, 9.17) is 9.47 Å². The lowest BCUT2D eigenvalue weighted by Gasteiger charge is -2.22. The Bertz CT molecular complexity index is 913. The Morgan fingerprint density at radius 2 is 2.00 bits per heavy atom. The summed E-state index contributed by atoms with van der Waals surface area (Å²) < 4.78 is 24.1. The Balaban J connectivity index is 1.87. The molecule has 0 bridgehead atoms. The molecule has 1 aliphatic heterocycles. The minimum absolute atomic E-state index is 0.227. The van der Waals surface area contributed by atoms with E-state index in [0.717, 1.165) is 5.56 Å². The number of ether oxygens (including phenoxy) is 2. The largest absolute Gasteiger partial charge is 0.482 e. The molecule has 0 spiro atoms. The molecule has 6 nitrogen and oxygen atoms in total. The summed E-state index contributed by atoms with van der Waals surface area (Å²) in [5.41, 5.74) is 1.95. The van der Waals surface area contributed by atoms with Gasteiger partial charge in [-0.1, -0.05) is 30.3 Å². The number of rotatable bonds is 6. The highest BCUT2D eigenvalue weighted by Crippen LogP contribution is 2.37. The molecule has 0 aromatic heterocycles. The minimum atomic E-state index is -0.469. The molecule has 2 aromatic carbocycles. The van der Waals surface area contributed by atoms with Gasteiger partial charge in [0.1, 0.15) is 11.6 Å². The van der Waals surface area contributed by atoms with Crippen LogP contribution in [0.4, 0.5) is 4.39 Å². The van der Waals surface area contributed by atoms with Gasteiger partial charge in [-0.2, -0.15) is 5.10 Å². The maximum atomic E-state index is 13.6. The van der Waals surface area contributed by atoms with Crippen LogP contribution in [0.25, 0.3) is 0 Å². The van der Waals surface area contributed by atoms with Gasteiger partial charge in [0.2, 0.25) is 5.91 Å². The molecule has 1 amide bonds. The van der Waals surface area contributed by atoms with Crippen molar-refractivity contribution in [3.8, 4) is 5.75 Å². The van der Waals surface area contributed by atoms with E-state index in [1.54, 1.807) is 31.2 Å². The van der Waals surface area contributed by atoms with Crippen LogP contribution in [-0.2, 0) is 14.3 Å². The van der Waals surface area contributed by atoms with Crippen molar-refractivity contribution in [1.82, 2.24) is 5.01 Å². The van der Waals surface area contributed by atoms with Gasteiger partial charge in [-0.25, -0.2) is 14.2 Å². The third kappa shape index (κ3) is 4.36. The van der Waals surface area contributed by atoms with E-state index in [9.17, 15) is 14.0 Å². The molecule has 1 atom stereocenters. The molecule has 28 heavy (non-hydrogen) atoms. The van der Waals surface area contributed by atoms with Crippen molar-refractivity contribution in [2.24, 2.45) is 5.10 Å². The second-order valence-electron chi connectivity index (χ2n) is 6.27. The number of hydrogen-bond acceptors (Lipinski definition) is 5. The summed E-state index contributed by atoms with van der Waals surface area (Å²) in [6.07, 6.45) is 0.406. The summed E-state index contributed by atoms with van der Waals surface area (Å²) in [4.78, 5) is 23.8. The number of hydrazone groups is 1. The minimum Gasteiger partial charge on any atom is -0.482 e. The Labute approximate surface area is 162 Å².